The molecular formula is C21H22ClN3O2S. The molecule has 2 aromatic rings. The molecule has 0 aliphatic carbocycles. The van der Waals surface area contributed by atoms with E-state index in [1.807, 2.05) is 31.2 Å². The number of carbonyl (C=O) groups is 1. The van der Waals surface area contributed by atoms with Gasteiger partial charge in [-0.2, -0.15) is 0 Å². The van der Waals surface area contributed by atoms with Crippen LogP contribution in [0.15, 0.2) is 41.6 Å². The van der Waals surface area contributed by atoms with E-state index in [4.69, 9.17) is 21.8 Å². The molecule has 1 unspecified atom stereocenters. The third kappa shape index (κ3) is 3.98. The summed E-state index contributed by atoms with van der Waals surface area (Å²) >= 11 is 7.22. The van der Waals surface area contributed by atoms with Crippen LogP contribution in [0, 0.1) is 5.41 Å². The van der Waals surface area contributed by atoms with Gasteiger partial charge in [-0.05, 0) is 37.5 Å². The predicted octanol–water partition coefficient (Wildman–Crippen LogP) is 4.98. The molecule has 1 atom stereocenters. The van der Waals surface area contributed by atoms with Crippen LogP contribution in [-0.2, 0) is 4.84 Å². The number of thiophene rings is 1. The Morgan fingerprint density at radius 3 is 2.64 bits per heavy atom. The van der Waals surface area contributed by atoms with Gasteiger partial charge in [-0.15, -0.1) is 11.3 Å². The van der Waals surface area contributed by atoms with Gasteiger partial charge in [-0.1, -0.05) is 41.0 Å². The van der Waals surface area contributed by atoms with Crippen LogP contribution in [-0.4, -0.2) is 40.9 Å². The van der Waals surface area contributed by atoms with Gasteiger partial charge >= 0.3 is 0 Å². The Morgan fingerprint density at radius 1 is 1.29 bits per heavy atom. The van der Waals surface area contributed by atoms with Crippen LogP contribution in [0.1, 0.15) is 53.4 Å². The van der Waals surface area contributed by atoms with Crippen LogP contribution in [0.3, 0.4) is 0 Å². The number of hydrogen-bond donors (Lipinski definition) is 1. The molecule has 3 heterocycles. The molecule has 1 aromatic carbocycles. The van der Waals surface area contributed by atoms with E-state index in [9.17, 15) is 4.79 Å². The summed E-state index contributed by atoms with van der Waals surface area (Å²) < 4.78 is 0.628. The Balaban J connectivity index is 1.34. The van der Waals surface area contributed by atoms with Gasteiger partial charge in [0.05, 0.1) is 14.9 Å². The van der Waals surface area contributed by atoms with Crippen LogP contribution >= 0.6 is 22.9 Å². The lowest BCUT2D eigenvalue weighted by molar-refractivity contribution is -0.0103. The van der Waals surface area contributed by atoms with Gasteiger partial charge in [-0.25, -0.2) is 0 Å². The van der Waals surface area contributed by atoms with Crippen molar-refractivity contribution in [3.63, 3.8) is 0 Å². The van der Waals surface area contributed by atoms with Crippen molar-refractivity contribution in [2.24, 2.45) is 5.16 Å². The topological polar surface area (TPSA) is 65.8 Å². The van der Waals surface area contributed by atoms with E-state index in [2.05, 4.69) is 10.1 Å². The van der Waals surface area contributed by atoms with E-state index in [0.29, 0.717) is 34.3 Å². The van der Waals surface area contributed by atoms with Crippen LogP contribution in [0.25, 0.3) is 0 Å². The Bertz CT molecular complexity index is 933. The van der Waals surface area contributed by atoms with Crippen molar-refractivity contribution in [1.29, 1.82) is 5.41 Å². The number of carbonyl (C=O) groups excluding carboxylic acids is 1. The summed E-state index contributed by atoms with van der Waals surface area (Å²) in [5.74, 6) is 0.670. The standard InChI is InChI=1S/C21H22ClN3O2S/c1-21(10-9-17(26)18-7-8-19(22)28-18)13-16(24-27-21)14-3-5-15(6-4-14)20(23)25-11-2-12-25/h3-8,23H,2,9-13H2,1H3. The molecule has 5 nitrogen and oxygen atoms in total. The molecule has 146 valence electrons. The summed E-state index contributed by atoms with van der Waals surface area (Å²) in [6.07, 6.45) is 2.83. The largest absolute Gasteiger partial charge is 0.389 e. The van der Waals surface area contributed by atoms with Gasteiger partial charge in [0.1, 0.15) is 11.4 Å². The van der Waals surface area contributed by atoms with Crippen molar-refractivity contribution in [2.75, 3.05) is 13.1 Å². The summed E-state index contributed by atoms with van der Waals surface area (Å²) in [5.41, 5.74) is 2.33. The molecule has 2 aliphatic heterocycles. The maximum absolute atomic E-state index is 12.3. The maximum Gasteiger partial charge on any atom is 0.172 e. The molecule has 0 spiro atoms. The molecule has 1 fully saturated rings. The van der Waals surface area contributed by atoms with Crippen molar-refractivity contribution in [1.82, 2.24) is 4.90 Å². The molecule has 1 aromatic heterocycles. The highest BCUT2D eigenvalue weighted by molar-refractivity contribution is 7.18. The van der Waals surface area contributed by atoms with Gasteiger partial charge in [0.15, 0.2) is 5.78 Å². The lowest BCUT2D eigenvalue weighted by atomic mass is 9.90. The Hall–Kier alpha value is -2.18. The molecule has 7 heteroatoms. The minimum atomic E-state index is -0.477. The van der Waals surface area contributed by atoms with Crippen LogP contribution in [0.5, 0.6) is 0 Å². The number of nitrogens with zero attached hydrogens (tertiary/aromatic N) is 2. The minimum Gasteiger partial charge on any atom is -0.389 e. The summed E-state index contributed by atoms with van der Waals surface area (Å²) in [6.45, 7) is 3.93. The molecule has 1 N–H and O–H groups in total. The number of ketones is 1. The van der Waals surface area contributed by atoms with Gasteiger partial charge in [0, 0.05) is 31.5 Å². The van der Waals surface area contributed by atoms with Crippen molar-refractivity contribution in [3.8, 4) is 0 Å². The summed E-state index contributed by atoms with van der Waals surface area (Å²) in [7, 11) is 0. The fourth-order valence-electron chi connectivity index (χ4n) is 3.38. The van der Waals surface area contributed by atoms with E-state index in [-0.39, 0.29) is 5.78 Å². The first-order chi connectivity index (χ1) is 13.4. The van der Waals surface area contributed by atoms with Gasteiger partial charge < -0.3 is 9.74 Å². The molecule has 28 heavy (non-hydrogen) atoms. The fraction of sp³-hybridized carbons (Fsp3) is 0.381. The lowest BCUT2D eigenvalue weighted by Crippen LogP contribution is -2.42. The lowest BCUT2D eigenvalue weighted by Gasteiger charge is -2.33. The second-order valence-electron chi connectivity index (χ2n) is 7.55. The summed E-state index contributed by atoms with van der Waals surface area (Å²) in [5, 5.41) is 12.5. The predicted molar refractivity (Wildman–Crippen MR) is 113 cm³/mol. The normalized spacial score (nSPS) is 21.1. The molecule has 1 saturated heterocycles. The number of benzene rings is 1. The Labute approximate surface area is 173 Å². The number of nitrogens with one attached hydrogen (secondary N) is 1. The number of halogens is 1. The number of likely N-dealkylation sites (tertiary alicyclic amines) is 1. The Kier molecular flexibility index (Phi) is 5.25. The van der Waals surface area contributed by atoms with Crippen molar-refractivity contribution < 1.29 is 9.63 Å². The van der Waals surface area contributed by atoms with Gasteiger partial charge in [0.25, 0.3) is 0 Å². The minimum absolute atomic E-state index is 0.0871. The van der Waals surface area contributed by atoms with Crippen molar-refractivity contribution >= 4 is 40.3 Å². The van der Waals surface area contributed by atoms with E-state index in [0.717, 1.165) is 36.3 Å². The first-order valence-electron chi connectivity index (χ1n) is 9.41. The smallest absolute Gasteiger partial charge is 0.172 e. The zero-order chi connectivity index (χ0) is 19.7. The second-order valence-corrected chi connectivity index (χ2v) is 9.26. The number of rotatable bonds is 6. The molecule has 0 radical (unpaired) electrons. The second kappa shape index (κ2) is 7.68. The molecule has 2 aliphatic rings. The van der Waals surface area contributed by atoms with E-state index in [1.54, 1.807) is 12.1 Å². The zero-order valence-electron chi connectivity index (χ0n) is 15.7. The zero-order valence-corrected chi connectivity index (χ0v) is 17.3. The van der Waals surface area contributed by atoms with E-state index >= 15 is 0 Å². The van der Waals surface area contributed by atoms with E-state index < -0.39 is 5.60 Å². The van der Waals surface area contributed by atoms with Crippen molar-refractivity contribution in [3.05, 3.63) is 56.7 Å². The number of amidine groups is 1. The molecule has 0 saturated carbocycles. The molecular weight excluding hydrogens is 394 g/mol. The SMILES string of the molecule is CC1(CCC(=O)c2ccc(Cl)s2)CC(c2ccc(C(=N)N3CCC3)cc2)=NO1. The highest BCUT2D eigenvalue weighted by Crippen LogP contribution is 2.32. The quantitative estimate of drug-likeness (QED) is 0.411. The average Bonchev–Trinajstić information content (AvgIpc) is 3.25. The highest BCUT2D eigenvalue weighted by atomic mass is 35.5. The third-order valence-corrected chi connectivity index (χ3v) is 6.58. The van der Waals surface area contributed by atoms with Gasteiger partial charge in [0.2, 0.25) is 0 Å². The highest BCUT2D eigenvalue weighted by Gasteiger charge is 2.35. The van der Waals surface area contributed by atoms with Crippen LogP contribution < -0.4 is 0 Å². The molecule has 0 amide bonds. The van der Waals surface area contributed by atoms with E-state index in [1.165, 1.54) is 11.3 Å². The molecule has 0 bridgehead atoms. The average molecular weight is 416 g/mol. The monoisotopic (exact) mass is 415 g/mol. The first-order valence-corrected chi connectivity index (χ1v) is 10.6. The van der Waals surface area contributed by atoms with Gasteiger partial charge in [-0.3, -0.25) is 10.2 Å². The number of Topliss-reactive ketones (excluding diaryl/α,β-unsaturated/α-hetero) is 1. The fourth-order valence-corrected chi connectivity index (χ4v) is 4.39. The van der Waals surface area contributed by atoms with Crippen LogP contribution in [0.4, 0.5) is 0 Å². The summed E-state index contributed by atoms with van der Waals surface area (Å²) in [4.78, 5) is 20.8. The third-order valence-electron chi connectivity index (χ3n) is 5.31. The number of hydrogen-bond acceptors (Lipinski definition) is 5. The maximum atomic E-state index is 12.3. The number of oxime groups is 1. The van der Waals surface area contributed by atoms with Crippen LogP contribution in [0.2, 0.25) is 4.34 Å². The first kappa shape index (κ1) is 19.2. The Morgan fingerprint density at radius 2 is 2.04 bits per heavy atom. The van der Waals surface area contributed by atoms with Crippen molar-refractivity contribution in [2.45, 2.75) is 38.2 Å². The molecule has 4 rings (SSSR count). The summed E-state index contributed by atoms with van der Waals surface area (Å²) in [6, 6.07) is 11.5.